The van der Waals surface area contributed by atoms with Gasteiger partial charge < -0.3 is 14.4 Å². The Morgan fingerprint density at radius 2 is 2.09 bits per heavy atom. The zero-order chi connectivity index (χ0) is 15.5. The molecule has 1 atom stereocenters. The zero-order valence-electron chi connectivity index (χ0n) is 13.2. The molecule has 3 rings (SSSR count). The van der Waals surface area contributed by atoms with E-state index in [0.717, 1.165) is 35.9 Å². The van der Waals surface area contributed by atoms with Crippen LogP contribution >= 0.6 is 0 Å². The van der Waals surface area contributed by atoms with Gasteiger partial charge in [-0.1, -0.05) is 6.07 Å². The largest absolute Gasteiger partial charge is 0.497 e. The van der Waals surface area contributed by atoms with Gasteiger partial charge >= 0.3 is 0 Å². The van der Waals surface area contributed by atoms with E-state index in [1.54, 1.807) is 7.11 Å². The highest BCUT2D eigenvalue weighted by molar-refractivity contribution is 5.42. The number of fused-ring (bicyclic) bond motifs is 1. The molecule has 2 aromatic rings. The Morgan fingerprint density at radius 3 is 2.77 bits per heavy atom. The van der Waals surface area contributed by atoms with Gasteiger partial charge in [-0.15, -0.1) is 5.10 Å². The molecule has 0 saturated carbocycles. The molecule has 0 aliphatic carbocycles. The number of methoxy groups -OCH3 is 1. The van der Waals surface area contributed by atoms with Crippen molar-refractivity contribution >= 4 is 5.82 Å². The van der Waals surface area contributed by atoms with Crippen LogP contribution in [0.25, 0.3) is 0 Å². The first-order valence-electron chi connectivity index (χ1n) is 7.45. The summed E-state index contributed by atoms with van der Waals surface area (Å²) in [6, 6.07) is 10.1. The lowest BCUT2D eigenvalue weighted by molar-refractivity contribution is 0.219. The van der Waals surface area contributed by atoms with Gasteiger partial charge in [-0.3, -0.25) is 0 Å². The first-order valence-corrected chi connectivity index (χ1v) is 7.45. The van der Waals surface area contributed by atoms with Crippen LogP contribution in [0.5, 0.6) is 11.5 Å². The highest BCUT2D eigenvalue weighted by Gasteiger charge is 2.21. The van der Waals surface area contributed by atoms with Gasteiger partial charge in [0.05, 0.1) is 19.4 Å². The summed E-state index contributed by atoms with van der Waals surface area (Å²) in [6.07, 6.45) is 1.88. The van der Waals surface area contributed by atoms with Crippen LogP contribution in [0.15, 0.2) is 30.3 Å². The molecule has 0 spiro atoms. The van der Waals surface area contributed by atoms with Gasteiger partial charge in [0.2, 0.25) is 0 Å². The SMILES string of the molecule is COc1ccc2c(c1)OC[C@H](Cc1ccc(N(C)C)nn1)C2. The molecular weight excluding hydrogens is 278 g/mol. The molecule has 0 N–H and O–H groups in total. The number of nitrogens with zero attached hydrogens (tertiary/aromatic N) is 3. The molecule has 5 nitrogen and oxygen atoms in total. The van der Waals surface area contributed by atoms with Crippen molar-refractivity contribution in [2.75, 3.05) is 32.7 Å². The monoisotopic (exact) mass is 299 g/mol. The van der Waals surface area contributed by atoms with E-state index in [-0.39, 0.29) is 0 Å². The number of anilines is 1. The third kappa shape index (κ3) is 3.13. The van der Waals surface area contributed by atoms with Gasteiger partial charge in [0.1, 0.15) is 11.5 Å². The predicted octanol–water partition coefficient (Wildman–Crippen LogP) is 2.34. The Labute approximate surface area is 130 Å². The average Bonchev–Trinajstić information content (AvgIpc) is 2.55. The number of benzene rings is 1. The van der Waals surface area contributed by atoms with Gasteiger partial charge in [-0.25, -0.2) is 0 Å². The lowest BCUT2D eigenvalue weighted by Gasteiger charge is -2.25. The summed E-state index contributed by atoms with van der Waals surface area (Å²) in [5.41, 5.74) is 2.24. The van der Waals surface area contributed by atoms with E-state index in [1.807, 2.05) is 43.3 Å². The van der Waals surface area contributed by atoms with E-state index >= 15 is 0 Å². The maximum atomic E-state index is 5.88. The van der Waals surface area contributed by atoms with Gasteiger partial charge in [-0.05, 0) is 36.6 Å². The van der Waals surface area contributed by atoms with Gasteiger partial charge in [0.25, 0.3) is 0 Å². The number of aromatic nitrogens is 2. The van der Waals surface area contributed by atoms with E-state index in [0.29, 0.717) is 12.5 Å². The topological polar surface area (TPSA) is 47.5 Å². The molecule has 0 saturated heterocycles. The molecule has 2 heterocycles. The molecule has 0 radical (unpaired) electrons. The van der Waals surface area contributed by atoms with Crippen LogP contribution < -0.4 is 14.4 Å². The smallest absolute Gasteiger partial charge is 0.150 e. The van der Waals surface area contributed by atoms with Crippen molar-refractivity contribution in [3.8, 4) is 11.5 Å². The van der Waals surface area contributed by atoms with Gasteiger partial charge in [0, 0.05) is 26.1 Å². The fourth-order valence-corrected chi connectivity index (χ4v) is 2.67. The second kappa shape index (κ2) is 6.22. The first kappa shape index (κ1) is 14.6. The predicted molar refractivity (Wildman–Crippen MR) is 85.7 cm³/mol. The summed E-state index contributed by atoms with van der Waals surface area (Å²) in [7, 11) is 5.59. The summed E-state index contributed by atoms with van der Waals surface area (Å²) in [6.45, 7) is 0.706. The second-order valence-corrected chi connectivity index (χ2v) is 5.84. The van der Waals surface area contributed by atoms with Crippen LogP contribution in [0.3, 0.4) is 0 Å². The molecule has 116 valence electrons. The van der Waals surface area contributed by atoms with Crippen molar-refractivity contribution < 1.29 is 9.47 Å². The Hall–Kier alpha value is -2.30. The number of hydrogen-bond donors (Lipinski definition) is 0. The molecule has 22 heavy (non-hydrogen) atoms. The first-order chi connectivity index (χ1) is 10.7. The zero-order valence-corrected chi connectivity index (χ0v) is 13.2. The van der Waals surface area contributed by atoms with Crippen LogP contribution in [0.2, 0.25) is 0 Å². The van der Waals surface area contributed by atoms with Crippen molar-refractivity contribution in [1.29, 1.82) is 0 Å². The summed E-state index contributed by atoms with van der Waals surface area (Å²) in [4.78, 5) is 1.95. The summed E-state index contributed by atoms with van der Waals surface area (Å²) in [5.74, 6) is 3.08. The quantitative estimate of drug-likeness (QED) is 0.867. The maximum Gasteiger partial charge on any atom is 0.150 e. The highest BCUT2D eigenvalue weighted by Crippen LogP contribution is 2.31. The number of hydrogen-bond acceptors (Lipinski definition) is 5. The van der Waals surface area contributed by atoms with E-state index in [2.05, 4.69) is 16.3 Å². The van der Waals surface area contributed by atoms with E-state index in [1.165, 1.54) is 5.56 Å². The molecule has 1 aromatic carbocycles. The molecule has 0 unspecified atom stereocenters. The Balaban J connectivity index is 1.67. The highest BCUT2D eigenvalue weighted by atomic mass is 16.5. The molecular formula is C17H21N3O2. The van der Waals surface area contributed by atoms with Crippen molar-refractivity contribution in [1.82, 2.24) is 10.2 Å². The number of rotatable bonds is 4. The van der Waals surface area contributed by atoms with Crippen molar-refractivity contribution in [2.45, 2.75) is 12.8 Å². The normalized spacial score (nSPS) is 16.6. The Bertz CT molecular complexity index is 641. The fourth-order valence-electron chi connectivity index (χ4n) is 2.67. The lowest BCUT2D eigenvalue weighted by Crippen LogP contribution is -2.23. The van der Waals surface area contributed by atoms with Crippen LogP contribution in [-0.4, -0.2) is 38.0 Å². The molecule has 1 aromatic heterocycles. The van der Waals surface area contributed by atoms with E-state index in [4.69, 9.17) is 9.47 Å². The number of ether oxygens (including phenoxy) is 2. The minimum absolute atomic E-state index is 0.431. The van der Waals surface area contributed by atoms with Crippen molar-refractivity contribution in [2.24, 2.45) is 5.92 Å². The van der Waals surface area contributed by atoms with Crippen molar-refractivity contribution in [3.05, 3.63) is 41.6 Å². The Kier molecular flexibility index (Phi) is 4.13. The molecule has 5 heteroatoms. The van der Waals surface area contributed by atoms with E-state index < -0.39 is 0 Å². The summed E-state index contributed by atoms with van der Waals surface area (Å²) >= 11 is 0. The molecule has 0 amide bonds. The minimum Gasteiger partial charge on any atom is -0.497 e. The van der Waals surface area contributed by atoms with Crippen molar-refractivity contribution in [3.63, 3.8) is 0 Å². The molecule has 0 fully saturated rings. The summed E-state index contributed by atoms with van der Waals surface area (Å²) in [5, 5.41) is 8.54. The Morgan fingerprint density at radius 1 is 1.23 bits per heavy atom. The summed E-state index contributed by atoms with van der Waals surface area (Å²) < 4.78 is 11.1. The standard InChI is InChI=1S/C17H21N3O2/c1-20(2)17-7-5-14(18-19-17)9-12-8-13-4-6-15(21-3)10-16(13)22-11-12/h4-7,10,12H,8-9,11H2,1-3H3/t12-/m0/s1. The molecule has 0 bridgehead atoms. The van der Waals surface area contributed by atoms with Crippen LogP contribution in [-0.2, 0) is 12.8 Å². The second-order valence-electron chi connectivity index (χ2n) is 5.84. The van der Waals surface area contributed by atoms with Crippen LogP contribution in [0.1, 0.15) is 11.3 Å². The van der Waals surface area contributed by atoms with Gasteiger partial charge in [0.15, 0.2) is 5.82 Å². The van der Waals surface area contributed by atoms with E-state index in [9.17, 15) is 0 Å². The molecule has 1 aliphatic heterocycles. The average molecular weight is 299 g/mol. The van der Waals surface area contributed by atoms with Crippen LogP contribution in [0, 0.1) is 5.92 Å². The maximum absolute atomic E-state index is 5.88. The molecule has 1 aliphatic rings. The third-order valence-electron chi connectivity index (χ3n) is 3.92. The van der Waals surface area contributed by atoms with Gasteiger partial charge in [-0.2, -0.15) is 5.10 Å². The third-order valence-corrected chi connectivity index (χ3v) is 3.92. The minimum atomic E-state index is 0.431. The fraction of sp³-hybridized carbons (Fsp3) is 0.412. The van der Waals surface area contributed by atoms with Crippen LogP contribution in [0.4, 0.5) is 5.82 Å². The lowest BCUT2D eigenvalue weighted by atomic mass is 9.92.